The van der Waals surface area contributed by atoms with E-state index in [0.29, 0.717) is 12.2 Å². The Labute approximate surface area is 119 Å². The average molecular weight is 281 g/mol. The summed E-state index contributed by atoms with van der Waals surface area (Å²) in [5, 5.41) is 12.9. The van der Waals surface area contributed by atoms with Crippen LogP contribution in [0.5, 0.6) is 0 Å². The van der Waals surface area contributed by atoms with Gasteiger partial charge < -0.3 is 10.4 Å². The van der Waals surface area contributed by atoms with Gasteiger partial charge in [0.05, 0.1) is 17.9 Å². The maximum atomic E-state index is 11.6. The molecule has 2 unspecified atom stereocenters. The molecule has 0 aliphatic heterocycles. The second-order valence-corrected chi connectivity index (χ2v) is 5.77. The van der Waals surface area contributed by atoms with Crippen molar-refractivity contribution in [1.82, 2.24) is 5.32 Å². The van der Waals surface area contributed by atoms with Crippen molar-refractivity contribution in [1.29, 1.82) is 0 Å². The van der Waals surface area contributed by atoms with Crippen LogP contribution in [0.25, 0.3) is 0 Å². The van der Waals surface area contributed by atoms with E-state index in [2.05, 4.69) is 12.2 Å². The highest BCUT2D eigenvalue weighted by Crippen LogP contribution is 2.07. The fourth-order valence-corrected chi connectivity index (χ4v) is 2.44. The van der Waals surface area contributed by atoms with Crippen LogP contribution in [0.1, 0.15) is 25.8 Å². The lowest BCUT2D eigenvalue weighted by Crippen LogP contribution is -2.42. The van der Waals surface area contributed by atoms with Crippen LogP contribution < -0.4 is 5.32 Å². The molecule has 0 fully saturated rings. The number of amides is 1. The molecule has 106 valence electrons. The molecule has 2 N–H and O–H groups in total. The topological polar surface area (TPSA) is 49.3 Å². The number of thioether (sulfide) groups is 1. The van der Waals surface area contributed by atoms with Crippen molar-refractivity contribution in [3.8, 4) is 0 Å². The number of hydrogen-bond acceptors (Lipinski definition) is 3. The minimum atomic E-state index is -0.553. The zero-order valence-corrected chi connectivity index (χ0v) is 12.5. The van der Waals surface area contributed by atoms with Gasteiger partial charge in [-0.05, 0) is 24.7 Å². The summed E-state index contributed by atoms with van der Waals surface area (Å²) in [6.45, 7) is 3.94. The molecule has 1 rings (SSSR count). The number of benzene rings is 1. The first-order chi connectivity index (χ1) is 9.13. The van der Waals surface area contributed by atoms with E-state index >= 15 is 0 Å². The van der Waals surface area contributed by atoms with E-state index in [1.54, 1.807) is 11.8 Å². The smallest absolute Gasteiger partial charge is 0.230 e. The van der Waals surface area contributed by atoms with Crippen molar-refractivity contribution in [3.63, 3.8) is 0 Å². The molecule has 0 saturated heterocycles. The first-order valence-corrected chi connectivity index (χ1v) is 7.88. The number of rotatable bonds is 8. The lowest BCUT2D eigenvalue weighted by molar-refractivity contribution is -0.119. The van der Waals surface area contributed by atoms with E-state index in [4.69, 9.17) is 0 Å². The van der Waals surface area contributed by atoms with Crippen LogP contribution >= 0.6 is 11.8 Å². The van der Waals surface area contributed by atoms with Crippen molar-refractivity contribution in [2.45, 2.75) is 38.8 Å². The van der Waals surface area contributed by atoms with Crippen LogP contribution in [-0.4, -0.2) is 34.7 Å². The van der Waals surface area contributed by atoms with Crippen LogP contribution in [0.3, 0.4) is 0 Å². The maximum absolute atomic E-state index is 11.6. The summed E-state index contributed by atoms with van der Waals surface area (Å²) >= 11 is 1.63. The zero-order chi connectivity index (χ0) is 14.1. The van der Waals surface area contributed by atoms with Crippen molar-refractivity contribution in [2.24, 2.45) is 0 Å². The summed E-state index contributed by atoms with van der Waals surface area (Å²) in [5.74, 6) is 1.46. The molecule has 0 heterocycles. The second kappa shape index (κ2) is 8.99. The van der Waals surface area contributed by atoms with E-state index < -0.39 is 6.10 Å². The molecular weight excluding hydrogens is 258 g/mol. The van der Waals surface area contributed by atoms with Crippen molar-refractivity contribution < 1.29 is 9.90 Å². The van der Waals surface area contributed by atoms with E-state index in [1.807, 2.05) is 37.3 Å². The Hall–Kier alpha value is -1.00. The van der Waals surface area contributed by atoms with Gasteiger partial charge >= 0.3 is 0 Å². The molecule has 19 heavy (non-hydrogen) atoms. The molecule has 2 atom stereocenters. The molecule has 0 bridgehead atoms. The van der Waals surface area contributed by atoms with E-state index in [9.17, 15) is 9.90 Å². The Bertz CT molecular complexity index is 370. The Morgan fingerprint density at radius 2 is 2.05 bits per heavy atom. The van der Waals surface area contributed by atoms with Crippen LogP contribution in [0.15, 0.2) is 30.3 Å². The first-order valence-electron chi connectivity index (χ1n) is 6.72. The zero-order valence-electron chi connectivity index (χ0n) is 11.6. The normalized spacial score (nSPS) is 13.8. The average Bonchev–Trinajstić information content (AvgIpc) is 2.40. The molecule has 1 aromatic carbocycles. The highest BCUT2D eigenvalue weighted by molar-refractivity contribution is 7.99. The predicted octanol–water partition coefficient (Wildman–Crippen LogP) is 2.24. The van der Waals surface area contributed by atoms with Gasteiger partial charge in [0, 0.05) is 6.42 Å². The van der Waals surface area contributed by atoms with Gasteiger partial charge in [0.25, 0.3) is 0 Å². The molecule has 4 heteroatoms. The lowest BCUT2D eigenvalue weighted by Gasteiger charge is -2.20. The number of aliphatic hydroxyl groups excluding tert-OH is 1. The summed E-state index contributed by atoms with van der Waals surface area (Å²) in [7, 11) is 0. The molecule has 0 aliphatic rings. The van der Waals surface area contributed by atoms with E-state index in [-0.39, 0.29) is 11.9 Å². The van der Waals surface area contributed by atoms with Gasteiger partial charge in [0.15, 0.2) is 0 Å². The summed E-state index contributed by atoms with van der Waals surface area (Å²) < 4.78 is 0. The first kappa shape index (κ1) is 16.1. The minimum absolute atomic E-state index is 0.00179. The molecule has 1 amide bonds. The second-order valence-electron chi connectivity index (χ2n) is 4.67. The number of hydrogen-bond donors (Lipinski definition) is 2. The number of aliphatic hydroxyl groups is 1. The Kier molecular flexibility index (Phi) is 7.60. The monoisotopic (exact) mass is 281 g/mol. The Morgan fingerprint density at radius 3 is 2.68 bits per heavy atom. The molecule has 0 radical (unpaired) electrons. The summed E-state index contributed by atoms with van der Waals surface area (Å²) in [5.41, 5.74) is 1.08. The number of carbonyl (C=O) groups is 1. The third-order valence-corrected chi connectivity index (χ3v) is 4.00. The third kappa shape index (κ3) is 6.64. The van der Waals surface area contributed by atoms with Crippen LogP contribution in [0, 0.1) is 0 Å². The molecule has 1 aromatic rings. The van der Waals surface area contributed by atoms with Gasteiger partial charge in [-0.1, -0.05) is 37.3 Å². The largest absolute Gasteiger partial charge is 0.391 e. The van der Waals surface area contributed by atoms with Crippen molar-refractivity contribution >= 4 is 17.7 Å². The summed E-state index contributed by atoms with van der Waals surface area (Å²) in [6.07, 6.45) is 1.08. The van der Waals surface area contributed by atoms with Gasteiger partial charge in [-0.3, -0.25) is 4.79 Å². The molecular formula is C15H23NO2S. The van der Waals surface area contributed by atoms with E-state index in [0.717, 1.165) is 17.7 Å². The molecule has 0 spiro atoms. The third-order valence-electron chi connectivity index (χ3n) is 2.84. The van der Waals surface area contributed by atoms with Gasteiger partial charge in [0.1, 0.15) is 0 Å². The van der Waals surface area contributed by atoms with E-state index in [1.165, 1.54) is 0 Å². The predicted molar refractivity (Wildman–Crippen MR) is 81.4 cm³/mol. The Balaban J connectivity index is 2.32. The van der Waals surface area contributed by atoms with Crippen LogP contribution in [0.4, 0.5) is 0 Å². The number of nitrogens with one attached hydrogen (secondary N) is 1. The van der Waals surface area contributed by atoms with Gasteiger partial charge in [-0.2, -0.15) is 11.8 Å². The Morgan fingerprint density at radius 1 is 1.37 bits per heavy atom. The van der Waals surface area contributed by atoms with Crippen molar-refractivity contribution in [3.05, 3.63) is 35.9 Å². The highest BCUT2D eigenvalue weighted by Gasteiger charge is 2.16. The van der Waals surface area contributed by atoms with Crippen molar-refractivity contribution in [2.75, 3.05) is 11.5 Å². The highest BCUT2D eigenvalue weighted by atomic mass is 32.2. The fraction of sp³-hybridized carbons (Fsp3) is 0.533. The standard InChI is InChI=1S/C15H23NO2S/c1-3-9-19-11-15(18)16-12(2)14(17)10-13-7-5-4-6-8-13/h4-8,12,14,17H,3,9-11H2,1-2H3,(H,16,18). The quantitative estimate of drug-likeness (QED) is 0.719. The fourth-order valence-electron chi connectivity index (χ4n) is 1.73. The molecule has 3 nitrogen and oxygen atoms in total. The SMILES string of the molecule is CCCSCC(=O)NC(C)C(O)Cc1ccccc1. The maximum Gasteiger partial charge on any atom is 0.230 e. The summed E-state index contributed by atoms with van der Waals surface area (Å²) in [6, 6.07) is 9.59. The molecule has 0 aromatic heterocycles. The minimum Gasteiger partial charge on any atom is -0.391 e. The van der Waals surface area contributed by atoms with Crippen LogP contribution in [0.2, 0.25) is 0 Å². The lowest BCUT2D eigenvalue weighted by atomic mass is 10.0. The van der Waals surface area contributed by atoms with Gasteiger partial charge in [0.2, 0.25) is 5.91 Å². The number of carbonyl (C=O) groups excluding carboxylic acids is 1. The van der Waals surface area contributed by atoms with Crippen LogP contribution in [-0.2, 0) is 11.2 Å². The molecule has 0 saturated carbocycles. The molecule has 0 aliphatic carbocycles. The summed E-state index contributed by atoms with van der Waals surface area (Å²) in [4.78, 5) is 11.6. The van der Waals surface area contributed by atoms with Gasteiger partial charge in [-0.15, -0.1) is 0 Å². The van der Waals surface area contributed by atoms with Gasteiger partial charge in [-0.25, -0.2) is 0 Å².